The minimum atomic E-state index is -2.51. The van der Waals surface area contributed by atoms with E-state index in [2.05, 4.69) is 4.98 Å². The molecule has 0 aliphatic rings. The maximum absolute atomic E-state index is 12.4. The summed E-state index contributed by atoms with van der Waals surface area (Å²) in [4.78, 5) is 14.5. The number of hydrogen-bond acceptors (Lipinski definition) is 2. The first kappa shape index (κ1) is 15.8. The second-order valence-electron chi connectivity index (χ2n) is 3.66. The van der Waals surface area contributed by atoms with Crippen LogP contribution in [0, 0.1) is 0 Å². The molecule has 3 nitrogen and oxygen atoms in total. The van der Waals surface area contributed by atoms with Gasteiger partial charge in [-0.25, -0.2) is 18.6 Å². The van der Waals surface area contributed by atoms with Gasteiger partial charge in [-0.15, -0.1) is 0 Å². The highest BCUT2D eigenvalue weighted by Crippen LogP contribution is 2.24. The number of aromatic nitrogens is 1. The number of halogens is 2. The lowest BCUT2D eigenvalue weighted by atomic mass is 10.0. The smallest absolute Gasteiger partial charge is 0.354 e. The molecule has 2 aromatic rings. The van der Waals surface area contributed by atoms with Gasteiger partial charge in [0.25, 0.3) is 6.43 Å². The Bertz CT molecular complexity index is 568. The van der Waals surface area contributed by atoms with E-state index in [1.165, 1.54) is 36.5 Å². The Kier molecular flexibility index (Phi) is 5.77. The van der Waals surface area contributed by atoms with Gasteiger partial charge in [-0.05, 0) is 23.3 Å². The normalized spacial score (nSPS) is 9.85. The third-order valence-electron chi connectivity index (χ3n) is 2.48. The minimum absolute atomic E-state index is 0.0636. The Balaban J connectivity index is 0.000000956. The minimum Gasteiger partial charge on any atom is -0.477 e. The van der Waals surface area contributed by atoms with E-state index in [9.17, 15) is 13.6 Å². The zero-order valence-corrected chi connectivity index (χ0v) is 11.2. The van der Waals surface area contributed by atoms with Gasteiger partial charge in [0.1, 0.15) is 5.69 Å². The van der Waals surface area contributed by atoms with Crippen LogP contribution in [0.5, 0.6) is 0 Å². The molecule has 0 atom stereocenters. The van der Waals surface area contributed by atoms with Crippen LogP contribution >= 0.6 is 0 Å². The Hall–Kier alpha value is -2.30. The first-order chi connectivity index (χ1) is 9.58. The molecule has 20 heavy (non-hydrogen) atoms. The highest BCUT2D eigenvalue weighted by atomic mass is 19.3. The quantitative estimate of drug-likeness (QED) is 0.905. The van der Waals surface area contributed by atoms with Gasteiger partial charge in [-0.3, -0.25) is 0 Å². The monoisotopic (exact) mass is 279 g/mol. The highest BCUT2D eigenvalue weighted by Gasteiger charge is 2.08. The van der Waals surface area contributed by atoms with E-state index in [4.69, 9.17) is 5.11 Å². The van der Waals surface area contributed by atoms with Gasteiger partial charge in [0.05, 0.1) is 0 Å². The molecular weight excluding hydrogens is 264 g/mol. The summed E-state index contributed by atoms with van der Waals surface area (Å²) in [5.74, 6) is -1.12. The van der Waals surface area contributed by atoms with Crippen LogP contribution in [0.2, 0.25) is 0 Å². The van der Waals surface area contributed by atoms with Crippen molar-refractivity contribution in [3.63, 3.8) is 0 Å². The maximum atomic E-state index is 12.4. The molecule has 1 aromatic carbocycles. The van der Waals surface area contributed by atoms with Crippen molar-refractivity contribution in [2.45, 2.75) is 20.3 Å². The van der Waals surface area contributed by atoms with Crippen molar-refractivity contribution in [2.75, 3.05) is 0 Å². The molecule has 1 N–H and O–H groups in total. The van der Waals surface area contributed by atoms with Crippen LogP contribution in [0.15, 0.2) is 42.6 Å². The van der Waals surface area contributed by atoms with Gasteiger partial charge in [-0.2, -0.15) is 0 Å². The Morgan fingerprint density at radius 3 is 2.20 bits per heavy atom. The van der Waals surface area contributed by atoms with E-state index < -0.39 is 12.4 Å². The van der Waals surface area contributed by atoms with E-state index in [1.54, 1.807) is 6.07 Å². The molecule has 0 aliphatic heterocycles. The lowest BCUT2D eigenvalue weighted by molar-refractivity contribution is 0.0690. The molecule has 0 amide bonds. The summed E-state index contributed by atoms with van der Waals surface area (Å²) in [6.45, 7) is 4.00. The lowest BCUT2D eigenvalue weighted by Gasteiger charge is -2.04. The Morgan fingerprint density at radius 1 is 1.10 bits per heavy atom. The highest BCUT2D eigenvalue weighted by molar-refractivity contribution is 5.87. The van der Waals surface area contributed by atoms with Crippen molar-refractivity contribution >= 4 is 5.97 Å². The Morgan fingerprint density at radius 2 is 1.70 bits per heavy atom. The number of hydrogen-bond donors (Lipinski definition) is 1. The van der Waals surface area contributed by atoms with Crippen molar-refractivity contribution in [1.82, 2.24) is 4.98 Å². The summed E-state index contributed by atoms with van der Waals surface area (Å²) in [5.41, 5.74) is 1.16. The number of carboxylic acid groups (broad SMARTS) is 1. The van der Waals surface area contributed by atoms with Crippen LogP contribution in [0.3, 0.4) is 0 Å². The fourth-order valence-corrected chi connectivity index (χ4v) is 1.55. The van der Waals surface area contributed by atoms with Gasteiger partial charge in [0.2, 0.25) is 0 Å². The molecule has 106 valence electrons. The van der Waals surface area contributed by atoms with Crippen LogP contribution in [0.4, 0.5) is 8.78 Å². The molecule has 5 heteroatoms. The Labute approximate surface area is 115 Å². The summed E-state index contributed by atoms with van der Waals surface area (Å²) >= 11 is 0. The fraction of sp³-hybridized carbons (Fsp3) is 0.200. The standard InChI is InChI=1S/C13H9F2NO2.C2H6/c14-12(15)9-3-1-8(2-4-9)10-5-6-16-11(7-10)13(17)18;1-2/h1-7,12H,(H,17,18);1-2H3. The summed E-state index contributed by atoms with van der Waals surface area (Å²) < 4.78 is 24.8. The van der Waals surface area contributed by atoms with Crippen LogP contribution in [-0.2, 0) is 0 Å². The predicted molar refractivity (Wildman–Crippen MR) is 72.9 cm³/mol. The average Bonchev–Trinajstić information content (AvgIpc) is 2.49. The van der Waals surface area contributed by atoms with E-state index in [-0.39, 0.29) is 11.3 Å². The molecule has 0 radical (unpaired) electrons. The van der Waals surface area contributed by atoms with Crippen LogP contribution < -0.4 is 0 Å². The molecule has 0 fully saturated rings. The van der Waals surface area contributed by atoms with Crippen molar-refractivity contribution in [3.05, 3.63) is 53.9 Å². The number of alkyl halides is 2. The molecule has 2 rings (SSSR count). The number of nitrogens with zero attached hydrogens (tertiary/aromatic N) is 1. The summed E-state index contributed by atoms with van der Waals surface area (Å²) in [6, 6.07) is 8.73. The summed E-state index contributed by atoms with van der Waals surface area (Å²) in [5, 5.41) is 8.81. The van der Waals surface area contributed by atoms with Gasteiger partial charge >= 0.3 is 5.97 Å². The number of carboxylic acids is 1. The number of pyridine rings is 1. The third kappa shape index (κ3) is 3.85. The van der Waals surface area contributed by atoms with E-state index in [0.29, 0.717) is 11.1 Å². The predicted octanol–water partition coefficient (Wildman–Crippen LogP) is 4.41. The van der Waals surface area contributed by atoms with E-state index >= 15 is 0 Å². The topological polar surface area (TPSA) is 50.2 Å². The van der Waals surface area contributed by atoms with Crippen molar-refractivity contribution in [1.29, 1.82) is 0 Å². The molecule has 0 unspecified atom stereocenters. The molecular formula is C15H15F2NO2. The van der Waals surface area contributed by atoms with Crippen LogP contribution in [0.1, 0.15) is 36.3 Å². The fourth-order valence-electron chi connectivity index (χ4n) is 1.55. The van der Waals surface area contributed by atoms with E-state index in [1.807, 2.05) is 13.8 Å². The first-order valence-electron chi connectivity index (χ1n) is 6.16. The van der Waals surface area contributed by atoms with Crippen molar-refractivity contribution < 1.29 is 18.7 Å². The second-order valence-corrected chi connectivity index (χ2v) is 3.66. The van der Waals surface area contributed by atoms with Crippen molar-refractivity contribution in [2.24, 2.45) is 0 Å². The molecule has 0 saturated heterocycles. The summed E-state index contributed by atoms with van der Waals surface area (Å²) in [6.07, 6.45) is -1.13. The molecule has 1 heterocycles. The van der Waals surface area contributed by atoms with E-state index in [0.717, 1.165) is 0 Å². The average molecular weight is 279 g/mol. The maximum Gasteiger partial charge on any atom is 0.354 e. The van der Waals surface area contributed by atoms with Gasteiger partial charge in [0.15, 0.2) is 0 Å². The van der Waals surface area contributed by atoms with Gasteiger partial charge in [0, 0.05) is 11.8 Å². The zero-order chi connectivity index (χ0) is 15.1. The largest absolute Gasteiger partial charge is 0.477 e. The van der Waals surface area contributed by atoms with Crippen LogP contribution in [-0.4, -0.2) is 16.1 Å². The molecule has 0 saturated carbocycles. The number of rotatable bonds is 3. The zero-order valence-electron chi connectivity index (χ0n) is 11.2. The number of aromatic carboxylic acids is 1. The van der Waals surface area contributed by atoms with Gasteiger partial charge in [-0.1, -0.05) is 38.1 Å². The summed E-state index contributed by atoms with van der Waals surface area (Å²) in [7, 11) is 0. The first-order valence-corrected chi connectivity index (χ1v) is 6.16. The number of benzene rings is 1. The lowest BCUT2D eigenvalue weighted by Crippen LogP contribution is -1.99. The number of carbonyl (C=O) groups is 1. The molecule has 0 aliphatic carbocycles. The molecule has 1 aromatic heterocycles. The molecule has 0 spiro atoms. The third-order valence-corrected chi connectivity index (χ3v) is 2.48. The second kappa shape index (κ2) is 7.33. The van der Waals surface area contributed by atoms with Crippen LogP contribution in [0.25, 0.3) is 11.1 Å². The SMILES string of the molecule is CC.O=C(O)c1cc(-c2ccc(C(F)F)cc2)ccn1. The van der Waals surface area contributed by atoms with Crippen molar-refractivity contribution in [3.8, 4) is 11.1 Å². The molecule has 0 bridgehead atoms. The van der Waals surface area contributed by atoms with Gasteiger partial charge < -0.3 is 5.11 Å².